The third kappa shape index (κ3) is 5.77. The first-order valence-corrected chi connectivity index (χ1v) is 7.05. The lowest BCUT2D eigenvalue weighted by atomic mass is 10.2. The zero-order valence-corrected chi connectivity index (χ0v) is 12.9. The standard InChI is InChI=1S/C15H26N2O3/c1-5-19-14-8-7-13(11-15(14)20-6-2)12-16-9-10-17(3)18-4/h7-8,11,16H,5-6,9-10,12H2,1-4H3. The monoisotopic (exact) mass is 282 g/mol. The molecule has 1 aromatic carbocycles. The molecule has 0 aliphatic heterocycles. The van der Waals surface area contributed by atoms with Gasteiger partial charge in [-0.3, -0.25) is 0 Å². The van der Waals surface area contributed by atoms with Gasteiger partial charge in [-0.1, -0.05) is 6.07 Å². The summed E-state index contributed by atoms with van der Waals surface area (Å²) in [7, 11) is 3.58. The highest BCUT2D eigenvalue weighted by Crippen LogP contribution is 2.28. The van der Waals surface area contributed by atoms with Gasteiger partial charge in [0, 0.05) is 26.7 Å². The number of nitrogens with one attached hydrogen (secondary N) is 1. The van der Waals surface area contributed by atoms with E-state index in [-0.39, 0.29) is 0 Å². The molecular weight excluding hydrogens is 256 g/mol. The molecule has 0 aromatic heterocycles. The number of hydrogen-bond donors (Lipinski definition) is 1. The van der Waals surface area contributed by atoms with Crippen molar-refractivity contribution in [2.45, 2.75) is 20.4 Å². The lowest BCUT2D eigenvalue weighted by Gasteiger charge is -2.15. The van der Waals surface area contributed by atoms with Crippen molar-refractivity contribution in [1.82, 2.24) is 10.4 Å². The van der Waals surface area contributed by atoms with Crippen molar-refractivity contribution in [2.24, 2.45) is 0 Å². The number of rotatable bonds is 10. The van der Waals surface area contributed by atoms with Crippen molar-refractivity contribution in [2.75, 3.05) is 40.5 Å². The fraction of sp³-hybridized carbons (Fsp3) is 0.600. The molecule has 1 N–H and O–H groups in total. The van der Waals surface area contributed by atoms with Crippen LogP contribution in [0, 0.1) is 0 Å². The minimum atomic E-state index is 0.635. The quantitative estimate of drug-likeness (QED) is 0.525. The van der Waals surface area contributed by atoms with Crippen molar-refractivity contribution in [3.05, 3.63) is 23.8 Å². The van der Waals surface area contributed by atoms with E-state index in [0.29, 0.717) is 13.2 Å². The van der Waals surface area contributed by atoms with Crippen LogP contribution < -0.4 is 14.8 Å². The molecule has 1 aromatic rings. The van der Waals surface area contributed by atoms with Gasteiger partial charge >= 0.3 is 0 Å². The van der Waals surface area contributed by atoms with E-state index in [1.54, 1.807) is 12.2 Å². The van der Waals surface area contributed by atoms with Crippen LogP contribution in [-0.4, -0.2) is 45.5 Å². The highest BCUT2D eigenvalue weighted by Gasteiger charge is 2.06. The van der Waals surface area contributed by atoms with Crippen molar-refractivity contribution in [1.29, 1.82) is 0 Å². The second kappa shape index (κ2) is 9.58. The number of likely N-dealkylation sites (N-methyl/N-ethyl adjacent to an activating group) is 1. The Bertz CT molecular complexity index is 385. The molecule has 0 fully saturated rings. The maximum absolute atomic E-state index is 5.61. The highest BCUT2D eigenvalue weighted by atomic mass is 16.7. The zero-order valence-electron chi connectivity index (χ0n) is 12.9. The van der Waals surface area contributed by atoms with Crippen LogP contribution in [0.3, 0.4) is 0 Å². The summed E-state index contributed by atoms with van der Waals surface area (Å²) in [5.41, 5.74) is 1.18. The van der Waals surface area contributed by atoms with Crippen molar-refractivity contribution < 1.29 is 14.3 Å². The normalized spacial score (nSPS) is 10.8. The molecule has 0 aliphatic carbocycles. The van der Waals surface area contributed by atoms with E-state index in [0.717, 1.165) is 31.1 Å². The maximum atomic E-state index is 5.61. The third-order valence-electron chi connectivity index (χ3n) is 2.85. The molecule has 0 aliphatic rings. The van der Waals surface area contributed by atoms with E-state index >= 15 is 0 Å². The first-order chi connectivity index (χ1) is 9.71. The van der Waals surface area contributed by atoms with Crippen molar-refractivity contribution in [3.63, 3.8) is 0 Å². The molecule has 20 heavy (non-hydrogen) atoms. The third-order valence-corrected chi connectivity index (χ3v) is 2.85. The predicted molar refractivity (Wildman–Crippen MR) is 80.1 cm³/mol. The van der Waals surface area contributed by atoms with Crippen LogP contribution in [0.2, 0.25) is 0 Å². The van der Waals surface area contributed by atoms with Crippen LogP contribution in [-0.2, 0) is 11.4 Å². The lowest BCUT2D eigenvalue weighted by Crippen LogP contribution is -2.28. The summed E-state index contributed by atoms with van der Waals surface area (Å²) >= 11 is 0. The van der Waals surface area contributed by atoms with Gasteiger partial charge in [0.05, 0.1) is 20.3 Å². The molecule has 0 spiro atoms. The molecule has 0 atom stereocenters. The molecule has 0 saturated heterocycles. The topological polar surface area (TPSA) is 43.0 Å². The smallest absolute Gasteiger partial charge is 0.161 e. The predicted octanol–water partition coefficient (Wildman–Crippen LogP) is 2.07. The highest BCUT2D eigenvalue weighted by molar-refractivity contribution is 5.43. The largest absolute Gasteiger partial charge is 0.490 e. The first kappa shape index (κ1) is 16.8. The van der Waals surface area contributed by atoms with E-state index in [2.05, 4.69) is 11.4 Å². The number of benzene rings is 1. The van der Waals surface area contributed by atoms with Crippen LogP contribution >= 0.6 is 0 Å². The number of hydroxylamine groups is 2. The van der Waals surface area contributed by atoms with Crippen LogP contribution in [0.1, 0.15) is 19.4 Å². The second-order valence-corrected chi connectivity index (χ2v) is 4.36. The summed E-state index contributed by atoms with van der Waals surface area (Å²) in [6.45, 7) is 7.72. The van der Waals surface area contributed by atoms with E-state index in [1.165, 1.54) is 5.56 Å². The minimum absolute atomic E-state index is 0.635. The van der Waals surface area contributed by atoms with Crippen LogP contribution in [0.5, 0.6) is 11.5 Å². The van der Waals surface area contributed by atoms with E-state index in [9.17, 15) is 0 Å². The molecule has 0 heterocycles. The number of ether oxygens (including phenoxy) is 2. The Kier molecular flexibility index (Phi) is 8.02. The van der Waals surface area contributed by atoms with Crippen LogP contribution in [0.25, 0.3) is 0 Å². The van der Waals surface area contributed by atoms with E-state index in [4.69, 9.17) is 14.3 Å². The molecule has 0 saturated carbocycles. The van der Waals surface area contributed by atoms with Gasteiger partial charge in [-0.25, -0.2) is 0 Å². The molecule has 5 heteroatoms. The van der Waals surface area contributed by atoms with Crippen molar-refractivity contribution >= 4 is 0 Å². The Balaban J connectivity index is 2.51. The Morgan fingerprint density at radius 3 is 2.45 bits per heavy atom. The average molecular weight is 282 g/mol. The minimum Gasteiger partial charge on any atom is -0.490 e. The van der Waals surface area contributed by atoms with Gasteiger partial charge in [0.25, 0.3) is 0 Å². The molecular formula is C15H26N2O3. The summed E-state index contributed by atoms with van der Waals surface area (Å²) in [6.07, 6.45) is 0. The van der Waals surface area contributed by atoms with Gasteiger partial charge in [0.1, 0.15) is 0 Å². The number of nitrogens with zero attached hydrogens (tertiary/aromatic N) is 1. The van der Waals surface area contributed by atoms with Gasteiger partial charge in [-0.05, 0) is 31.5 Å². The fourth-order valence-corrected chi connectivity index (χ4v) is 1.77. The molecule has 1 rings (SSSR count). The lowest BCUT2D eigenvalue weighted by molar-refractivity contribution is -0.107. The van der Waals surface area contributed by atoms with Gasteiger partial charge in [-0.2, -0.15) is 5.06 Å². The van der Waals surface area contributed by atoms with Gasteiger partial charge in [0.2, 0.25) is 0 Å². The molecule has 5 nitrogen and oxygen atoms in total. The average Bonchev–Trinajstić information content (AvgIpc) is 2.46. The van der Waals surface area contributed by atoms with Crippen LogP contribution in [0.4, 0.5) is 0 Å². The van der Waals surface area contributed by atoms with Crippen molar-refractivity contribution in [3.8, 4) is 11.5 Å². The molecule has 0 amide bonds. The summed E-state index contributed by atoms with van der Waals surface area (Å²) in [4.78, 5) is 5.05. The Morgan fingerprint density at radius 2 is 1.80 bits per heavy atom. The molecule has 0 unspecified atom stereocenters. The molecule has 0 bridgehead atoms. The SMILES string of the molecule is CCOc1ccc(CNCCN(C)OC)cc1OCC. The van der Waals surface area contributed by atoms with Gasteiger partial charge in [0.15, 0.2) is 11.5 Å². The number of hydrogen-bond acceptors (Lipinski definition) is 5. The summed E-state index contributed by atoms with van der Waals surface area (Å²) in [6, 6.07) is 6.05. The molecule has 114 valence electrons. The molecule has 0 radical (unpaired) electrons. The summed E-state index contributed by atoms with van der Waals surface area (Å²) in [5.74, 6) is 1.61. The van der Waals surface area contributed by atoms with Gasteiger partial charge < -0.3 is 19.6 Å². The Hall–Kier alpha value is -1.30. The van der Waals surface area contributed by atoms with Gasteiger partial charge in [-0.15, -0.1) is 0 Å². The summed E-state index contributed by atoms with van der Waals surface area (Å²) in [5, 5.41) is 5.16. The van der Waals surface area contributed by atoms with Crippen LogP contribution in [0.15, 0.2) is 18.2 Å². The Morgan fingerprint density at radius 1 is 1.10 bits per heavy atom. The zero-order chi connectivity index (χ0) is 14.8. The fourth-order valence-electron chi connectivity index (χ4n) is 1.77. The second-order valence-electron chi connectivity index (χ2n) is 4.36. The maximum Gasteiger partial charge on any atom is 0.161 e. The van der Waals surface area contributed by atoms with E-state index in [1.807, 2.05) is 33.0 Å². The van der Waals surface area contributed by atoms with E-state index < -0.39 is 0 Å². The first-order valence-electron chi connectivity index (χ1n) is 7.05. The Labute approximate surface area is 121 Å². The summed E-state index contributed by atoms with van der Waals surface area (Å²) < 4.78 is 11.2.